The highest BCUT2D eigenvalue weighted by Gasteiger charge is 2.43. The van der Waals surface area contributed by atoms with Crippen molar-refractivity contribution in [1.82, 2.24) is 50.5 Å². The summed E-state index contributed by atoms with van der Waals surface area (Å²) in [6, 6.07) is 5.53. The third kappa shape index (κ3) is 13.4. The molecule has 4 N–H and O–H groups in total. The number of nitrogens with zero attached hydrogens (tertiary/aromatic N) is 6. The van der Waals surface area contributed by atoms with Gasteiger partial charge in [-0.3, -0.25) is 33.6 Å². The largest absolute Gasteiger partial charge is 0.343 e. The summed E-state index contributed by atoms with van der Waals surface area (Å²) in [5.41, 5.74) is 2.44. The number of hydrogen-bond donors (Lipinski definition) is 4. The highest BCUT2D eigenvalue weighted by molar-refractivity contribution is 5.99. The van der Waals surface area contributed by atoms with E-state index in [0.717, 1.165) is 21.9 Å². The lowest BCUT2D eigenvalue weighted by Gasteiger charge is -2.41. The molecule has 2 saturated heterocycles. The van der Waals surface area contributed by atoms with Gasteiger partial charge in [-0.1, -0.05) is 78.0 Å². The zero-order valence-corrected chi connectivity index (χ0v) is 45.7. The van der Waals surface area contributed by atoms with Crippen LogP contribution in [0.5, 0.6) is 0 Å². The smallest absolute Gasteiger partial charge is 0.246 e. The van der Waals surface area contributed by atoms with Crippen molar-refractivity contribution in [3.63, 3.8) is 0 Å². The van der Waals surface area contributed by atoms with Crippen LogP contribution in [-0.2, 0) is 51.9 Å². The summed E-state index contributed by atoms with van der Waals surface area (Å²) in [5, 5.41) is 13.6. The molecule has 0 aliphatic carbocycles. The van der Waals surface area contributed by atoms with Crippen LogP contribution in [0.25, 0.3) is 21.8 Å². The number of allylic oxidation sites excluding steroid dienone is 1. The molecule has 2 aliphatic rings. The maximum Gasteiger partial charge on any atom is 0.246 e. The number of carbonyl (C=O) groups is 7. The second kappa shape index (κ2) is 24.1. The summed E-state index contributed by atoms with van der Waals surface area (Å²) in [4.78, 5) is 117. The van der Waals surface area contributed by atoms with Crippen LogP contribution in [0.4, 0.5) is 0 Å². The predicted octanol–water partition coefficient (Wildman–Crippen LogP) is 5.75. The molecular formula is C57H80N10O7. The molecule has 0 spiro atoms. The van der Waals surface area contributed by atoms with E-state index < -0.39 is 89.2 Å². The highest BCUT2D eigenvalue weighted by Crippen LogP contribution is 2.30. The first-order chi connectivity index (χ1) is 34.9. The van der Waals surface area contributed by atoms with Crippen LogP contribution in [0.2, 0.25) is 0 Å². The lowest BCUT2D eigenvalue weighted by atomic mass is 9.95. The number of likely N-dealkylation sites (N-methyl/N-ethyl adjacent to an activating group) is 2. The zero-order chi connectivity index (χ0) is 54.3. The maximum absolute atomic E-state index is 15.5. The van der Waals surface area contributed by atoms with Crippen molar-refractivity contribution in [2.45, 2.75) is 168 Å². The molecule has 2 aromatic carbocycles. The Kier molecular flexibility index (Phi) is 18.5. The summed E-state index contributed by atoms with van der Waals surface area (Å²) >= 11 is 0. The van der Waals surface area contributed by atoms with Gasteiger partial charge in [0.05, 0.1) is 11.1 Å². The van der Waals surface area contributed by atoms with Crippen LogP contribution in [0.3, 0.4) is 0 Å². The number of hydrogen-bond acceptors (Lipinski definition) is 9. The van der Waals surface area contributed by atoms with E-state index in [1.807, 2.05) is 110 Å². The minimum Gasteiger partial charge on any atom is -0.343 e. The minimum absolute atomic E-state index is 0.00468. The lowest BCUT2D eigenvalue weighted by molar-refractivity contribution is -0.153. The lowest BCUT2D eigenvalue weighted by Crippen LogP contribution is -2.62. The quantitative estimate of drug-likeness (QED) is 0.120. The van der Waals surface area contributed by atoms with Gasteiger partial charge < -0.3 is 40.5 Å². The van der Waals surface area contributed by atoms with E-state index in [4.69, 9.17) is 0 Å². The van der Waals surface area contributed by atoms with Crippen molar-refractivity contribution in [1.29, 1.82) is 0 Å². The maximum atomic E-state index is 15.5. The summed E-state index contributed by atoms with van der Waals surface area (Å²) in [6.45, 7) is 23.5. The topological polar surface area (TPSA) is 208 Å². The van der Waals surface area contributed by atoms with E-state index in [1.54, 1.807) is 13.1 Å². The van der Waals surface area contributed by atoms with Gasteiger partial charge in [0.15, 0.2) is 0 Å². The van der Waals surface area contributed by atoms with Gasteiger partial charge in [0.2, 0.25) is 41.4 Å². The first kappa shape index (κ1) is 56.6. The molecule has 74 heavy (non-hydrogen) atoms. The average Bonchev–Trinajstić information content (AvgIpc) is 3.73. The van der Waals surface area contributed by atoms with E-state index >= 15 is 14.4 Å². The summed E-state index contributed by atoms with van der Waals surface area (Å²) < 4.78 is 2.08. The van der Waals surface area contributed by atoms with Crippen LogP contribution >= 0.6 is 0 Å². The number of piperidine rings is 1. The summed E-state index contributed by atoms with van der Waals surface area (Å²) in [6.07, 6.45) is 7.63. The average molecular weight is 1020 g/mol. The Morgan fingerprint density at radius 3 is 2.05 bits per heavy atom. The van der Waals surface area contributed by atoms with Crippen molar-refractivity contribution in [3.8, 4) is 0 Å². The van der Waals surface area contributed by atoms with Gasteiger partial charge in [-0.05, 0) is 107 Å². The van der Waals surface area contributed by atoms with Crippen molar-refractivity contribution >= 4 is 63.2 Å². The third-order valence-corrected chi connectivity index (χ3v) is 14.6. The second-order valence-corrected chi connectivity index (χ2v) is 22.4. The Balaban J connectivity index is 1.49. The molecule has 17 nitrogen and oxygen atoms in total. The number of carbonyl (C=O) groups excluding carboxylic acids is 7. The van der Waals surface area contributed by atoms with Crippen LogP contribution < -0.4 is 21.3 Å². The number of para-hydroxylation sites is 1. The number of benzene rings is 2. The molecule has 2 aromatic heterocycles. The number of fused-ring (bicyclic) bond motifs is 4. The fourth-order valence-electron chi connectivity index (χ4n) is 10.2. The Bertz CT molecular complexity index is 2730. The van der Waals surface area contributed by atoms with Crippen molar-refractivity contribution < 1.29 is 33.6 Å². The van der Waals surface area contributed by atoms with Gasteiger partial charge in [0.1, 0.15) is 48.1 Å². The molecular weight excluding hydrogens is 937 g/mol. The molecule has 2 aliphatic heterocycles. The first-order valence-electron chi connectivity index (χ1n) is 26.4. The molecule has 17 heteroatoms. The van der Waals surface area contributed by atoms with Crippen molar-refractivity contribution in [2.75, 3.05) is 20.6 Å². The van der Waals surface area contributed by atoms with Gasteiger partial charge in [-0.25, -0.2) is 9.97 Å². The number of amides is 7. The molecule has 7 atom stereocenters. The van der Waals surface area contributed by atoms with E-state index in [0.29, 0.717) is 36.2 Å². The Labute approximate surface area is 437 Å². The van der Waals surface area contributed by atoms with Gasteiger partial charge in [-0.15, -0.1) is 6.58 Å². The van der Waals surface area contributed by atoms with E-state index in [1.165, 1.54) is 35.7 Å². The second-order valence-electron chi connectivity index (χ2n) is 22.4. The van der Waals surface area contributed by atoms with Crippen LogP contribution in [0, 0.1) is 24.7 Å². The van der Waals surface area contributed by atoms with Crippen LogP contribution in [0.15, 0.2) is 67.5 Å². The molecule has 400 valence electrons. The van der Waals surface area contributed by atoms with E-state index in [-0.39, 0.29) is 56.4 Å². The Hall–Kier alpha value is -6.65. The van der Waals surface area contributed by atoms with Crippen molar-refractivity contribution in [2.24, 2.45) is 17.8 Å². The van der Waals surface area contributed by atoms with Crippen LogP contribution in [-0.4, -0.2) is 134 Å². The minimum atomic E-state index is -1.24. The fraction of sp³-hybridized carbons (Fsp3) is 0.561. The Morgan fingerprint density at radius 1 is 0.743 bits per heavy atom. The Morgan fingerprint density at radius 2 is 1.38 bits per heavy atom. The van der Waals surface area contributed by atoms with Crippen molar-refractivity contribution in [3.05, 3.63) is 84.5 Å². The molecule has 0 saturated carbocycles. The highest BCUT2D eigenvalue weighted by atomic mass is 16.2. The molecule has 2 fully saturated rings. The predicted molar refractivity (Wildman–Crippen MR) is 287 cm³/mol. The summed E-state index contributed by atoms with van der Waals surface area (Å²) in [5.74, 6) is -3.32. The number of nitrogens with one attached hydrogen (secondary N) is 4. The third-order valence-electron chi connectivity index (χ3n) is 14.6. The molecule has 7 amide bonds. The van der Waals surface area contributed by atoms with Gasteiger partial charge >= 0.3 is 0 Å². The normalized spacial score (nSPS) is 23.6. The van der Waals surface area contributed by atoms with Gasteiger partial charge in [0, 0.05) is 62.2 Å². The SMILES string of the molecule is C=CC(C)(C)n1cc(C[C@@H]2NC(=O)[C@H](CCC(C)C)NC(=O)[C@H](CC(C)C)N3CCC[C@@H](C3=O)N(C)C(=O)[C@H](C)NC(=O)[C@H](Cc3ccc4cnc(C)nc4c3)NC(=O)[C@H](CC(C)C)N(C)C2=O)c2ccccc21. The van der Waals surface area contributed by atoms with Gasteiger partial charge in [-0.2, -0.15) is 0 Å². The van der Waals surface area contributed by atoms with E-state index in [2.05, 4.69) is 42.4 Å². The number of aromatic nitrogens is 3. The molecule has 6 rings (SSSR count). The molecule has 2 bridgehead atoms. The summed E-state index contributed by atoms with van der Waals surface area (Å²) in [7, 11) is 3.05. The van der Waals surface area contributed by atoms with Gasteiger partial charge in [0.25, 0.3) is 0 Å². The fourth-order valence-corrected chi connectivity index (χ4v) is 10.2. The molecule has 4 aromatic rings. The number of aryl methyl sites for hydroxylation is 1. The monoisotopic (exact) mass is 1020 g/mol. The van der Waals surface area contributed by atoms with E-state index in [9.17, 15) is 19.2 Å². The molecule has 0 unspecified atom stereocenters. The first-order valence-corrected chi connectivity index (χ1v) is 26.4. The van der Waals surface area contributed by atoms with Crippen LogP contribution in [0.1, 0.15) is 118 Å². The molecule has 0 radical (unpaired) electrons. The number of rotatable bonds is 13. The standard InChI is InChI=1S/C57H80N10O7/c1-14-57(10,11)67-32-40(41-18-15-16-19-46(41)67)30-45-55(73)65(13)48(26-34(4)5)52(70)62-44(29-38-22-23-39-31-58-37(9)60-43(39)28-38)51(69)59-36(8)54(72)64(12)47-20-17-25-66(56(47)74)49(27-35(6)7)53(71)61-42(50(68)63-45)24-21-33(2)3/h14-16,18-19,22-23,28,31-36,42,44-45,47-49H,1,17,20-21,24-27,29-30H2,2-13H3,(H,59,69)(H,61,71)(H,62,70)(H,63,68)/t36-,42-,44-,45-,47-,48-,49-/m0/s1. The zero-order valence-electron chi connectivity index (χ0n) is 45.7. The molecule has 4 heterocycles.